The van der Waals surface area contributed by atoms with Crippen LogP contribution < -0.4 is 9.64 Å². The summed E-state index contributed by atoms with van der Waals surface area (Å²) < 4.78 is 5.25. The van der Waals surface area contributed by atoms with Crippen LogP contribution in [0.15, 0.2) is 83.8 Å². The lowest BCUT2D eigenvalue weighted by Crippen LogP contribution is -2.43. The molecule has 166 valence electrons. The summed E-state index contributed by atoms with van der Waals surface area (Å²) in [5.41, 5.74) is 2.98. The highest BCUT2D eigenvalue weighted by Crippen LogP contribution is 2.45. The van der Waals surface area contributed by atoms with Gasteiger partial charge in [0.1, 0.15) is 11.9 Å². The fourth-order valence-corrected chi connectivity index (χ4v) is 5.18. The molecule has 1 aliphatic rings. The molecule has 1 heterocycles. The Kier molecular flexibility index (Phi) is 7.15. The van der Waals surface area contributed by atoms with Crippen molar-refractivity contribution < 1.29 is 14.6 Å². The molecule has 1 amide bonds. The summed E-state index contributed by atoms with van der Waals surface area (Å²) in [5.74, 6) is 0.480. The van der Waals surface area contributed by atoms with Crippen LogP contribution in [0.3, 0.4) is 0 Å². The number of carbonyl (C=O) groups excluding carboxylic acids is 1. The molecule has 0 aliphatic carbocycles. The molecule has 3 aromatic carbocycles. The van der Waals surface area contributed by atoms with E-state index in [4.69, 9.17) is 4.74 Å². The number of hydrogen-bond donors (Lipinski definition) is 1. The van der Waals surface area contributed by atoms with Crippen LogP contribution >= 0.6 is 11.8 Å². The van der Waals surface area contributed by atoms with Crippen molar-refractivity contribution >= 4 is 23.4 Å². The summed E-state index contributed by atoms with van der Waals surface area (Å²) in [7, 11) is 3.67. The van der Waals surface area contributed by atoms with Gasteiger partial charge in [0.2, 0.25) is 0 Å². The fraction of sp³-hybridized carbons (Fsp3) is 0.269. The van der Waals surface area contributed by atoms with E-state index in [1.165, 1.54) is 17.3 Å². The molecular weight excluding hydrogens is 420 g/mol. The van der Waals surface area contributed by atoms with Crippen molar-refractivity contribution in [3.8, 4) is 5.75 Å². The summed E-state index contributed by atoms with van der Waals surface area (Å²) in [6.07, 6.45) is -1.14. The maximum absolute atomic E-state index is 13.4. The summed E-state index contributed by atoms with van der Waals surface area (Å²) in [5, 5.41) is 10.7. The molecule has 0 aromatic heterocycles. The minimum absolute atomic E-state index is 0.267. The number of ether oxygens (including phenoxy) is 1. The second-order valence-corrected chi connectivity index (χ2v) is 9.12. The van der Waals surface area contributed by atoms with Gasteiger partial charge in [-0.15, -0.1) is 11.8 Å². The third-order valence-electron chi connectivity index (χ3n) is 5.66. The van der Waals surface area contributed by atoms with Crippen LogP contribution in [0.5, 0.6) is 5.75 Å². The number of rotatable bonds is 7. The van der Waals surface area contributed by atoms with Crippen LogP contribution in [0.25, 0.3) is 0 Å². The summed E-state index contributed by atoms with van der Waals surface area (Å²) in [4.78, 5) is 18.3. The van der Waals surface area contributed by atoms with Gasteiger partial charge in [0.25, 0.3) is 5.91 Å². The van der Waals surface area contributed by atoms with Crippen molar-refractivity contribution in [1.29, 1.82) is 0 Å². The molecule has 4 rings (SSSR count). The van der Waals surface area contributed by atoms with E-state index < -0.39 is 6.10 Å². The van der Waals surface area contributed by atoms with Gasteiger partial charge in [0.05, 0.1) is 18.0 Å². The quantitative estimate of drug-likeness (QED) is 0.582. The number of aliphatic hydroxyl groups excluding tert-OH is 1. The Labute approximate surface area is 193 Å². The Bertz CT molecular complexity index is 1040. The van der Waals surface area contributed by atoms with Crippen molar-refractivity contribution in [2.75, 3.05) is 32.1 Å². The lowest BCUT2D eigenvalue weighted by atomic mass is 10.1. The highest BCUT2D eigenvalue weighted by atomic mass is 32.2. The highest BCUT2D eigenvalue weighted by molar-refractivity contribution is 7.99. The molecule has 0 unspecified atom stereocenters. The van der Waals surface area contributed by atoms with Crippen LogP contribution in [-0.2, 0) is 11.3 Å². The monoisotopic (exact) mass is 448 g/mol. The van der Waals surface area contributed by atoms with Gasteiger partial charge in [-0.25, -0.2) is 0 Å². The van der Waals surface area contributed by atoms with E-state index >= 15 is 0 Å². The molecule has 5 nitrogen and oxygen atoms in total. The number of hydrogen-bond acceptors (Lipinski definition) is 5. The van der Waals surface area contributed by atoms with Gasteiger partial charge in [-0.3, -0.25) is 4.79 Å². The maximum atomic E-state index is 13.4. The van der Waals surface area contributed by atoms with Gasteiger partial charge in [-0.1, -0.05) is 54.6 Å². The predicted molar refractivity (Wildman–Crippen MR) is 129 cm³/mol. The SMILES string of the molecule is COc1ccc([C@@H]2Sc3ccccc3N(CCN(C)Cc3ccccc3)C(=O)[C@@H]2O)cc1. The smallest absolute Gasteiger partial charge is 0.257 e. The lowest BCUT2D eigenvalue weighted by molar-refractivity contribution is -0.126. The van der Waals surface area contributed by atoms with Crippen molar-refractivity contribution in [2.45, 2.75) is 22.8 Å². The first kappa shape index (κ1) is 22.4. The van der Waals surface area contributed by atoms with E-state index in [2.05, 4.69) is 17.0 Å². The maximum Gasteiger partial charge on any atom is 0.257 e. The molecule has 0 fully saturated rings. The van der Waals surface area contributed by atoms with E-state index in [1.54, 1.807) is 12.0 Å². The molecule has 0 saturated carbocycles. The number of methoxy groups -OCH3 is 1. The van der Waals surface area contributed by atoms with Crippen molar-refractivity contribution in [3.05, 3.63) is 90.0 Å². The van der Waals surface area contributed by atoms with Gasteiger partial charge < -0.3 is 19.6 Å². The number of anilines is 1. The first-order chi connectivity index (χ1) is 15.6. The molecule has 0 spiro atoms. The van der Waals surface area contributed by atoms with Crippen LogP contribution in [0.2, 0.25) is 0 Å². The Morgan fingerprint density at radius 1 is 1.00 bits per heavy atom. The van der Waals surface area contributed by atoms with E-state index in [0.29, 0.717) is 13.1 Å². The molecule has 6 heteroatoms. The number of fused-ring (bicyclic) bond motifs is 1. The molecule has 3 aromatic rings. The standard InChI is InChI=1S/C26H28N2O3S/c1-27(18-19-8-4-3-5-9-19)16-17-28-22-10-6-7-11-23(22)32-25(24(29)26(28)30)20-12-14-21(31-2)15-13-20/h3-15,24-25,29H,16-18H2,1-2H3/t24-,25+/m1/s1. The predicted octanol–water partition coefficient (Wildman–Crippen LogP) is 4.37. The molecule has 2 atom stereocenters. The zero-order valence-electron chi connectivity index (χ0n) is 18.3. The van der Waals surface area contributed by atoms with Gasteiger partial charge in [0, 0.05) is 24.5 Å². The third kappa shape index (κ3) is 4.99. The average molecular weight is 449 g/mol. The van der Waals surface area contributed by atoms with E-state index in [0.717, 1.165) is 28.4 Å². The Morgan fingerprint density at radius 2 is 1.69 bits per heavy atom. The zero-order valence-corrected chi connectivity index (χ0v) is 19.2. The minimum atomic E-state index is -1.14. The average Bonchev–Trinajstić information content (AvgIpc) is 2.93. The van der Waals surface area contributed by atoms with Gasteiger partial charge in [-0.05, 0) is 42.4 Å². The summed E-state index contributed by atoms with van der Waals surface area (Å²) in [6.45, 7) is 2.00. The van der Waals surface area contributed by atoms with Crippen LogP contribution in [-0.4, -0.2) is 49.3 Å². The molecule has 0 bridgehead atoms. The van der Waals surface area contributed by atoms with Crippen molar-refractivity contribution in [3.63, 3.8) is 0 Å². The number of para-hydroxylation sites is 1. The number of benzene rings is 3. The van der Waals surface area contributed by atoms with Crippen LogP contribution in [0.1, 0.15) is 16.4 Å². The molecular formula is C26H28N2O3S. The number of carbonyl (C=O) groups is 1. The first-order valence-electron chi connectivity index (χ1n) is 10.7. The third-order valence-corrected chi connectivity index (χ3v) is 7.04. The molecule has 1 aliphatic heterocycles. The van der Waals surface area contributed by atoms with Gasteiger partial charge >= 0.3 is 0 Å². The topological polar surface area (TPSA) is 53.0 Å². The second kappa shape index (κ2) is 10.2. The first-order valence-corrected chi connectivity index (χ1v) is 11.6. The normalized spacial score (nSPS) is 18.4. The number of thioether (sulfide) groups is 1. The minimum Gasteiger partial charge on any atom is -0.497 e. The molecule has 32 heavy (non-hydrogen) atoms. The fourth-order valence-electron chi connectivity index (χ4n) is 3.91. The Balaban J connectivity index is 1.55. The van der Waals surface area contributed by atoms with Gasteiger partial charge in [0.15, 0.2) is 0 Å². The number of likely N-dealkylation sites (N-methyl/N-ethyl adjacent to an activating group) is 1. The Hall–Kier alpha value is -2.80. The van der Waals surface area contributed by atoms with E-state index in [9.17, 15) is 9.90 Å². The van der Waals surface area contributed by atoms with E-state index in [1.807, 2.05) is 73.8 Å². The van der Waals surface area contributed by atoms with Crippen molar-refractivity contribution in [2.24, 2.45) is 0 Å². The summed E-state index contributed by atoms with van der Waals surface area (Å²) >= 11 is 1.53. The summed E-state index contributed by atoms with van der Waals surface area (Å²) in [6, 6.07) is 25.7. The molecule has 0 saturated heterocycles. The van der Waals surface area contributed by atoms with Crippen LogP contribution in [0, 0.1) is 0 Å². The van der Waals surface area contributed by atoms with Crippen molar-refractivity contribution in [1.82, 2.24) is 4.90 Å². The lowest BCUT2D eigenvalue weighted by Gasteiger charge is -2.27. The molecule has 0 radical (unpaired) electrons. The largest absolute Gasteiger partial charge is 0.497 e. The number of nitrogens with zero attached hydrogens (tertiary/aromatic N) is 2. The number of aliphatic hydroxyl groups is 1. The van der Waals surface area contributed by atoms with Gasteiger partial charge in [-0.2, -0.15) is 0 Å². The molecule has 1 N–H and O–H groups in total. The Morgan fingerprint density at radius 3 is 2.41 bits per heavy atom. The zero-order chi connectivity index (χ0) is 22.5. The van der Waals surface area contributed by atoms with E-state index in [-0.39, 0.29) is 11.2 Å². The highest BCUT2D eigenvalue weighted by Gasteiger charge is 2.37. The second-order valence-electron chi connectivity index (χ2n) is 7.94. The number of amides is 1. The van der Waals surface area contributed by atoms with Crippen LogP contribution in [0.4, 0.5) is 5.69 Å².